The third kappa shape index (κ3) is 4.40. The van der Waals surface area contributed by atoms with Gasteiger partial charge in [0, 0.05) is 47.6 Å². The van der Waals surface area contributed by atoms with Crippen molar-refractivity contribution in [3.8, 4) is 45.3 Å². The van der Waals surface area contributed by atoms with Crippen LogP contribution in [0, 0.1) is 0 Å². The Morgan fingerprint density at radius 1 is 0.375 bits per heavy atom. The summed E-state index contributed by atoms with van der Waals surface area (Å²) in [7, 11) is 0. The van der Waals surface area contributed by atoms with Crippen molar-refractivity contribution in [2.24, 2.45) is 0 Å². The summed E-state index contributed by atoms with van der Waals surface area (Å²) >= 11 is 1.80. The number of hydrogen-bond acceptors (Lipinski definition) is 5. The van der Waals surface area contributed by atoms with Crippen LogP contribution in [0.5, 0.6) is 0 Å². The molecule has 0 aliphatic carbocycles. The van der Waals surface area contributed by atoms with Gasteiger partial charge in [0.2, 0.25) is 0 Å². The maximum atomic E-state index is 6.27. The number of rotatable bonds is 4. The first kappa shape index (κ1) is 27.0. The smallest absolute Gasteiger partial charge is 0.164 e. The minimum Gasteiger partial charge on any atom is -0.456 e. The zero-order chi connectivity index (χ0) is 31.6. The minimum absolute atomic E-state index is 0.636. The lowest BCUT2D eigenvalue weighted by Crippen LogP contribution is -2.00. The molecule has 0 spiro atoms. The van der Waals surface area contributed by atoms with E-state index >= 15 is 0 Å². The van der Waals surface area contributed by atoms with Crippen LogP contribution in [0.4, 0.5) is 0 Å². The standard InChI is InChI=1S/C43H25N3OS/c1-2-10-26(11-3-1)41-44-42(46-43(45-41)30-20-21-34-33-16-5-7-19-39(33)48-40(34)24-30)29-14-8-12-27(22-29)31-17-9-13-28-23-36-32-15-4-6-18-37(32)47-38(36)25-35(28)31/h1-25H. The molecule has 3 heterocycles. The van der Waals surface area contributed by atoms with Gasteiger partial charge in [-0.3, -0.25) is 0 Å². The molecule has 0 unspecified atom stereocenters. The maximum absolute atomic E-state index is 6.27. The number of thiophene rings is 1. The van der Waals surface area contributed by atoms with E-state index in [2.05, 4.69) is 109 Å². The second-order valence-corrected chi connectivity index (χ2v) is 13.1. The van der Waals surface area contributed by atoms with E-state index in [1.807, 2.05) is 42.5 Å². The molecule has 5 heteroatoms. The molecule has 0 aliphatic rings. The molecule has 0 atom stereocenters. The summed E-state index contributed by atoms with van der Waals surface area (Å²) in [5.41, 5.74) is 6.85. The predicted octanol–water partition coefficient (Wildman–Crippen LogP) is 12.0. The summed E-state index contributed by atoms with van der Waals surface area (Å²) in [5.74, 6) is 1.94. The fourth-order valence-electron chi connectivity index (χ4n) is 6.79. The van der Waals surface area contributed by atoms with Gasteiger partial charge in [0.05, 0.1) is 0 Å². The molecule has 0 radical (unpaired) electrons. The highest BCUT2D eigenvalue weighted by Crippen LogP contribution is 2.38. The normalized spacial score (nSPS) is 11.8. The monoisotopic (exact) mass is 631 g/mol. The van der Waals surface area contributed by atoms with E-state index in [0.717, 1.165) is 55.1 Å². The van der Waals surface area contributed by atoms with Crippen LogP contribution in [0.25, 0.3) is 98.2 Å². The van der Waals surface area contributed by atoms with Gasteiger partial charge in [-0.1, -0.05) is 115 Å². The molecule has 7 aromatic carbocycles. The zero-order valence-electron chi connectivity index (χ0n) is 25.6. The van der Waals surface area contributed by atoms with E-state index in [1.54, 1.807) is 11.3 Å². The summed E-state index contributed by atoms with van der Waals surface area (Å²) in [6.07, 6.45) is 0. The van der Waals surface area contributed by atoms with Crippen molar-refractivity contribution in [3.63, 3.8) is 0 Å². The third-order valence-corrected chi connectivity index (χ3v) is 10.2. The first-order chi connectivity index (χ1) is 23.7. The molecule has 0 bridgehead atoms. The van der Waals surface area contributed by atoms with E-state index in [1.165, 1.54) is 25.6 Å². The van der Waals surface area contributed by atoms with Gasteiger partial charge < -0.3 is 4.42 Å². The van der Waals surface area contributed by atoms with Crippen LogP contribution in [-0.2, 0) is 0 Å². The number of hydrogen-bond donors (Lipinski definition) is 0. The van der Waals surface area contributed by atoms with Crippen LogP contribution in [0.3, 0.4) is 0 Å². The topological polar surface area (TPSA) is 51.8 Å². The summed E-state index contributed by atoms with van der Waals surface area (Å²) in [5, 5.41) is 7.09. The second-order valence-electron chi connectivity index (χ2n) is 12.0. The van der Waals surface area contributed by atoms with Crippen molar-refractivity contribution < 1.29 is 4.42 Å². The lowest BCUT2D eigenvalue weighted by molar-refractivity contribution is 0.669. The second kappa shape index (κ2) is 10.7. The maximum Gasteiger partial charge on any atom is 0.164 e. The lowest BCUT2D eigenvalue weighted by Gasteiger charge is -2.11. The molecule has 0 saturated heterocycles. The molecule has 0 saturated carbocycles. The van der Waals surface area contributed by atoms with Crippen molar-refractivity contribution in [2.45, 2.75) is 0 Å². The fraction of sp³-hybridized carbons (Fsp3) is 0. The van der Waals surface area contributed by atoms with Gasteiger partial charge in [0.15, 0.2) is 17.5 Å². The summed E-state index contributed by atoms with van der Waals surface area (Å²) in [6.45, 7) is 0. The minimum atomic E-state index is 0.636. The van der Waals surface area contributed by atoms with E-state index in [-0.39, 0.29) is 0 Å². The van der Waals surface area contributed by atoms with Gasteiger partial charge in [-0.25, -0.2) is 15.0 Å². The van der Waals surface area contributed by atoms with E-state index in [9.17, 15) is 0 Å². The van der Waals surface area contributed by atoms with Gasteiger partial charge >= 0.3 is 0 Å². The summed E-state index contributed by atoms with van der Waals surface area (Å²) < 4.78 is 8.76. The van der Waals surface area contributed by atoms with Crippen molar-refractivity contribution in [1.29, 1.82) is 0 Å². The zero-order valence-corrected chi connectivity index (χ0v) is 26.4. The van der Waals surface area contributed by atoms with Crippen molar-refractivity contribution in [3.05, 3.63) is 152 Å². The Hall–Kier alpha value is -6.17. The van der Waals surface area contributed by atoms with Crippen LogP contribution in [0.2, 0.25) is 0 Å². The van der Waals surface area contributed by atoms with Crippen LogP contribution < -0.4 is 0 Å². The molecule has 4 nitrogen and oxygen atoms in total. The Morgan fingerprint density at radius 2 is 1.04 bits per heavy atom. The molecule has 48 heavy (non-hydrogen) atoms. The molecule has 0 amide bonds. The van der Waals surface area contributed by atoms with Gasteiger partial charge in [-0.2, -0.15) is 0 Å². The quantitative estimate of drug-likeness (QED) is 0.194. The summed E-state index contributed by atoms with van der Waals surface area (Å²) in [6, 6.07) is 52.8. The Labute approximate surface area is 279 Å². The first-order valence-electron chi connectivity index (χ1n) is 15.9. The van der Waals surface area contributed by atoms with E-state index < -0.39 is 0 Å². The Balaban J connectivity index is 1.13. The Kier molecular flexibility index (Phi) is 6.01. The molecule has 0 aliphatic heterocycles. The number of fused-ring (bicyclic) bond motifs is 7. The van der Waals surface area contributed by atoms with Crippen LogP contribution >= 0.6 is 11.3 Å². The highest BCUT2D eigenvalue weighted by molar-refractivity contribution is 7.25. The first-order valence-corrected chi connectivity index (χ1v) is 16.7. The predicted molar refractivity (Wildman–Crippen MR) is 199 cm³/mol. The molecule has 0 N–H and O–H groups in total. The van der Waals surface area contributed by atoms with Crippen molar-refractivity contribution in [1.82, 2.24) is 15.0 Å². The molecular weight excluding hydrogens is 607 g/mol. The number of para-hydroxylation sites is 1. The molecule has 3 aromatic heterocycles. The van der Waals surface area contributed by atoms with Crippen LogP contribution in [0.15, 0.2) is 156 Å². The van der Waals surface area contributed by atoms with Crippen LogP contribution in [0.1, 0.15) is 0 Å². The largest absolute Gasteiger partial charge is 0.456 e. The van der Waals surface area contributed by atoms with E-state index in [0.29, 0.717) is 17.5 Å². The highest BCUT2D eigenvalue weighted by atomic mass is 32.1. The number of benzene rings is 7. The molecule has 0 fully saturated rings. The molecule has 10 aromatic rings. The van der Waals surface area contributed by atoms with Crippen molar-refractivity contribution >= 4 is 64.2 Å². The van der Waals surface area contributed by atoms with Gasteiger partial charge in [0.1, 0.15) is 11.2 Å². The molecule has 10 rings (SSSR count). The lowest BCUT2D eigenvalue weighted by atomic mass is 9.95. The molecule has 224 valence electrons. The van der Waals surface area contributed by atoms with Crippen LogP contribution in [-0.4, -0.2) is 15.0 Å². The Bertz CT molecular complexity index is 2850. The average molecular weight is 632 g/mol. The average Bonchev–Trinajstić information content (AvgIpc) is 3.71. The van der Waals surface area contributed by atoms with Gasteiger partial charge in [-0.05, 0) is 58.3 Å². The SMILES string of the molecule is c1ccc(-c2nc(-c3cccc(-c4cccc5cc6c(cc45)oc4ccccc46)c3)nc(-c3ccc4c(c3)sc3ccccc34)n2)cc1. The number of nitrogens with zero attached hydrogens (tertiary/aromatic N) is 3. The van der Waals surface area contributed by atoms with Gasteiger partial charge in [0.25, 0.3) is 0 Å². The number of furan rings is 1. The third-order valence-electron chi connectivity index (χ3n) is 9.11. The fourth-order valence-corrected chi connectivity index (χ4v) is 7.94. The number of aromatic nitrogens is 3. The summed E-state index contributed by atoms with van der Waals surface area (Å²) in [4.78, 5) is 15.1. The van der Waals surface area contributed by atoms with E-state index in [4.69, 9.17) is 19.4 Å². The molecular formula is C43H25N3OS. The van der Waals surface area contributed by atoms with Gasteiger partial charge in [-0.15, -0.1) is 11.3 Å². The Morgan fingerprint density at radius 3 is 1.92 bits per heavy atom. The van der Waals surface area contributed by atoms with Crippen molar-refractivity contribution in [2.75, 3.05) is 0 Å². The highest BCUT2D eigenvalue weighted by Gasteiger charge is 2.16.